The molecule has 9 nitrogen and oxygen atoms in total. The van der Waals surface area contributed by atoms with Crippen molar-refractivity contribution in [2.45, 2.75) is 13.8 Å². The minimum absolute atomic E-state index is 0.435. The van der Waals surface area contributed by atoms with Gasteiger partial charge in [-0.3, -0.25) is 4.79 Å². The summed E-state index contributed by atoms with van der Waals surface area (Å²) in [5, 5.41) is 7.29. The first-order chi connectivity index (χ1) is 15.0. The molecule has 1 aromatic carbocycles. The fourth-order valence-electron chi connectivity index (χ4n) is 3.43. The molecule has 0 atom stereocenters. The van der Waals surface area contributed by atoms with Gasteiger partial charge in [0.05, 0.1) is 35.0 Å². The van der Waals surface area contributed by atoms with Gasteiger partial charge in [-0.25, -0.2) is 15.0 Å². The molecule has 4 rings (SSSR count). The third-order valence-corrected chi connectivity index (χ3v) is 6.02. The van der Waals surface area contributed by atoms with Crippen LogP contribution in [0.15, 0.2) is 30.5 Å². The highest BCUT2D eigenvalue weighted by Crippen LogP contribution is 2.32. The van der Waals surface area contributed by atoms with Gasteiger partial charge in [0.15, 0.2) is 5.13 Å². The maximum absolute atomic E-state index is 12.1. The van der Waals surface area contributed by atoms with Gasteiger partial charge in [0.25, 0.3) is 5.91 Å². The normalized spacial score (nSPS) is 13.8. The van der Waals surface area contributed by atoms with Crippen molar-refractivity contribution in [3.63, 3.8) is 0 Å². The molecule has 0 spiro atoms. The number of nitrogens with one attached hydrogen (secondary N) is 2. The number of benzene rings is 1. The minimum atomic E-state index is -0.476. The van der Waals surface area contributed by atoms with E-state index in [1.165, 1.54) is 0 Å². The molecule has 1 saturated heterocycles. The lowest BCUT2D eigenvalue weighted by molar-refractivity contribution is 0.0998. The highest BCUT2D eigenvalue weighted by Gasteiger charge is 2.18. The Morgan fingerprint density at radius 1 is 1.26 bits per heavy atom. The zero-order valence-corrected chi connectivity index (χ0v) is 18.3. The van der Waals surface area contributed by atoms with E-state index >= 15 is 0 Å². The van der Waals surface area contributed by atoms with Crippen molar-refractivity contribution in [2.24, 2.45) is 5.73 Å². The fourth-order valence-corrected chi connectivity index (χ4v) is 4.43. The molecule has 4 N–H and O–H groups in total. The lowest BCUT2D eigenvalue weighted by atomic mass is 10.1. The topological polar surface area (TPSA) is 118 Å². The summed E-state index contributed by atoms with van der Waals surface area (Å²) in [6.07, 6.45) is 1.70. The average molecular weight is 440 g/mol. The molecule has 0 saturated carbocycles. The second-order valence-corrected chi connectivity index (χ2v) is 8.05. The minimum Gasteiger partial charge on any atom is -0.378 e. The number of anilines is 4. The molecule has 0 bridgehead atoms. The number of rotatable bonds is 7. The van der Waals surface area contributed by atoms with Gasteiger partial charge in [-0.15, -0.1) is 0 Å². The third-order valence-electron chi connectivity index (χ3n) is 4.88. The van der Waals surface area contributed by atoms with Crippen LogP contribution in [0, 0.1) is 6.92 Å². The Morgan fingerprint density at radius 2 is 2.06 bits per heavy atom. The van der Waals surface area contributed by atoms with Crippen LogP contribution in [0.3, 0.4) is 0 Å². The zero-order chi connectivity index (χ0) is 21.8. The number of hydrogen-bond acceptors (Lipinski definition) is 9. The summed E-state index contributed by atoms with van der Waals surface area (Å²) in [4.78, 5) is 28.7. The first kappa shape index (κ1) is 21.0. The molecule has 162 valence electrons. The van der Waals surface area contributed by atoms with Crippen LogP contribution in [-0.4, -0.2) is 53.7 Å². The number of hydrogen-bond donors (Lipinski definition) is 3. The van der Waals surface area contributed by atoms with Crippen LogP contribution in [0.25, 0.3) is 10.6 Å². The Hall–Kier alpha value is -3.24. The van der Waals surface area contributed by atoms with Gasteiger partial charge < -0.3 is 26.0 Å². The van der Waals surface area contributed by atoms with Crippen molar-refractivity contribution in [3.8, 4) is 10.6 Å². The molecule has 0 radical (unpaired) electrons. The Bertz CT molecular complexity index is 1080. The van der Waals surface area contributed by atoms with Crippen LogP contribution in [-0.2, 0) is 4.74 Å². The quantitative estimate of drug-likeness (QED) is 0.514. The van der Waals surface area contributed by atoms with Crippen LogP contribution in [0.1, 0.15) is 23.0 Å². The van der Waals surface area contributed by atoms with Gasteiger partial charge in [0.2, 0.25) is 5.95 Å². The molecule has 0 unspecified atom stereocenters. The van der Waals surface area contributed by atoms with E-state index in [1.807, 2.05) is 32.0 Å². The number of amides is 1. The SMILES string of the molecule is CCNc1nc(C)c(-c2ccnc(Nc3ccc(N4CCOCC4)c(C(N)=O)c3)n2)s1. The lowest BCUT2D eigenvalue weighted by Crippen LogP contribution is -2.37. The lowest BCUT2D eigenvalue weighted by Gasteiger charge is -2.30. The van der Waals surface area contributed by atoms with Gasteiger partial charge in [-0.05, 0) is 38.1 Å². The van der Waals surface area contributed by atoms with E-state index in [1.54, 1.807) is 23.6 Å². The van der Waals surface area contributed by atoms with Crippen molar-refractivity contribution in [1.29, 1.82) is 0 Å². The van der Waals surface area contributed by atoms with Crippen LogP contribution < -0.4 is 21.3 Å². The molecule has 3 aromatic rings. The second kappa shape index (κ2) is 9.27. The number of nitrogens with two attached hydrogens (primary N) is 1. The van der Waals surface area contributed by atoms with E-state index in [9.17, 15) is 4.79 Å². The fraction of sp³-hybridized carbons (Fsp3) is 0.333. The number of nitrogens with zero attached hydrogens (tertiary/aromatic N) is 4. The highest BCUT2D eigenvalue weighted by molar-refractivity contribution is 7.19. The maximum Gasteiger partial charge on any atom is 0.250 e. The van der Waals surface area contributed by atoms with Crippen LogP contribution in [0.2, 0.25) is 0 Å². The molecular weight excluding hydrogens is 414 g/mol. The van der Waals surface area contributed by atoms with Crippen molar-refractivity contribution < 1.29 is 9.53 Å². The first-order valence-corrected chi connectivity index (χ1v) is 10.9. The number of primary amides is 1. The number of morpholine rings is 1. The number of thiazole rings is 1. The molecule has 1 aliphatic heterocycles. The Morgan fingerprint density at radius 3 is 2.81 bits per heavy atom. The standard InChI is InChI=1S/C21H25N7O2S/c1-3-23-21-25-13(2)18(31-21)16-6-7-24-20(27-16)26-14-4-5-17(15(12-14)19(22)29)28-8-10-30-11-9-28/h4-7,12H,3,8-11H2,1-2H3,(H2,22,29)(H,23,25)(H,24,26,27). The Labute approximate surface area is 184 Å². The second-order valence-electron chi connectivity index (χ2n) is 7.05. The summed E-state index contributed by atoms with van der Waals surface area (Å²) in [6.45, 7) is 7.52. The number of ether oxygens (including phenoxy) is 1. The summed E-state index contributed by atoms with van der Waals surface area (Å²) in [7, 11) is 0. The predicted octanol–water partition coefficient (Wildman–Crippen LogP) is 3.02. The van der Waals surface area contributed by atoms with Gasteiger partial charge in [-0.2, -0.15) is 0 Å². The predicted molar refractivity (Wildman–Crippen MR) is 123 cm³/mol. The van der Waals surface area contributed by atoms with Gasteiger partial charge in [0, 0.05) is 37.2 Å². The maximum atomic E-state index is 12.1. The highest BCUT2D eigenvalue weighted by atomic mass is 32.1. The summed E-state index contributed by atoms with van der Waals surface area (Å²) in [5.74, 6) is -0.0408. The first-order valence-electron chi connectivity index (χ1n) is 10.1. The molecule has 0 aliphatic carbocycles. The van der Waals surface area contributed by atoms with E-state index in [-0.39, 0.29) is 0 Å². The zero-order valence-electron chi connectivity index (χ0n) is 17.5. The Kier molecular flexibility index (Phi) is 6.28. The van der Waals surface area contributed by atoms with Crippen molar-refractivity contribution in [1.82, 2.24) is 15.0 Å². The van der Waals surface area contributed by atoms with Crippen molar-refractivity contribution in [2.75, 3.05) is 48.4 Å². The monoisotopic (exact) mass is 439 g/mol. The number of carbonyl (C=O) groups is 1. The van der Waals surface area contributed by atoms with E-state index in [2.05, 4.69) is 30.5 Å². The van der Waals surface area contributed by atoms with Crippen molar-refractivity contribution >= 4 is 39.7 Å². The summed E-state index contributed by atoms with van der Waals surface area (Å²) >= 11 is 1.56. The Balaban J connectivity index is 1.59. The number of aryl methyl sites for hydroxylation is 1. The smallest absolute Gasteiger partial charge is 0.250 e. The van der Waals surface area contributed by atoms with Gasteiger partial charge in [0.1, 0.15) is 0 Å². The largest absolute Gasteiger partial charge is 0.378 e. The summed E-state index contributed by atoms with van der Waals surface area (Å²) in [6, 6.07) is 7.39. The van der Waals surface area contributed by atoms with Crippen LogP contribution >= 0.6 is 11.3 Å². The molecule has 1 amide bonds. The van der Waals surface area contributed by atoms with E-state index in [0.29, 0.717) is 30.4 Å². The van der Waals surface area contributed by atoms with Gasteiger partial charge in [-0.1, -0.05) is 11.3 Å². The molecule has 3 heterocycles. The van der Waals surface area contributed by atoms with Gasteiger partial charge >= 0.3 is 0 Å². The summed E-state index contributed by atoms with van der Waals surface area (Å²) in [5.41, 5.74) is 9.32. The van der Waals surface area contributed by atoms with Crippen molar-refractivity contribution in [3.05, 3.63) is 41.7 Å². The third kappa shape index (κ3) is 4.75. The van der Waals surface area contributed by atoms with Crippen LogP contribution in [0.4, 0.5) is 22.5 Å². The molecule has 1 aliphatic rings. The van der Waals surface area contributed by atoms with E-state index < -0.39 is 5.91 Å². The molecule has 2 aromatic heterocycles. The summed E-state index contributed by atoms with van der Waals surface area (Å²) < 4.78 is 5.40. The van der Waals surface area contributed by atoms with E-state index in [0.717, 1.165) is 46.7 Å². The number of aromatic nitrogens is 3. The average Bonchev–Trinajstić information content (AvgIpc) is 3.15. The molecular formula is C21H25N7O2S. The molecule has 10 heteroatoms. The molecule has 31 heavy (non-hydrogen) atoms. The molecule has 1 fully saturated rings. The van der Waals surface area contributed by atoms with Crippen LogP contribution in [0.5, 0.6) is 0 Å². The number of carbonyl (C=O) groups excluding carboxylic acids is 1. The van der Waals surface area contributed by atoms with E-state index in [4.69, 9.17) is 10.5 Å².